The summed E-state index contributed by atoms with van der Waals surface area (Å²) in [7, 11) is 1.62. The van der Waals surface area contributed by atoms with Crippen molar-refractivity contribution in [1.82, 2.24) is 14.7 Å². The maximum Gasteiger partial charge on any atom is 0.260 e. The van der Waals surface area contributed by atoms with E-state index in [0.717, 1.165) is 50.7 Å². The third-order valence-corrected chi connectivity index (χ3v) is 6.19. The Labute approximate surface area is 172 Å². The molecular formula is C22H31N3O4. The second-order valence-electron chi connectivity index (χ2n) is 8.27. The Balaban J connectivity index is 1.24. The normalized spacial score (nSPS) is 23.2. The third-order valence-electron chi connectivity index (χ3n) is 6.19. The van der Waals surface area contributed by atoms with Crippen LogP contribution in [0.3, 0.4) is 0 Å². The molecule has 2 aliphatic heterocycles. The van der Waals surface area contributed by atoms with Crippen molar-refractivity contribution in [1.29, 1.82) is 0 Å². The lowest BCUT2D eigenvalue weighted by atomic mass is 10.2. The maximum atomic E-state index is 12.8. The van der Waals surface area contributed by atoms with Gasteiger partial charge in [-0.05, 0) is 55.9 Å². The molecule has 2 heterocycles. The van der Waals surface area contributed by atoms with Crippen molar-refractivity contribution in [2.45, 2.75) is 31.7 Å². The highest BCUT2D eigenvalue weighted by molar-refractivity contribution is 5.84. The Bertz CT molecular complexity index is 719. The fourth-order valence-corrected chi connectivity index (χ4v) is 4.26. The summed E-state index contributed by atoms with van der Waals surface area (Å²) in [6.07, 6.45) is 4.35. The fourth-order valence-electron chi connectivity index (χ4n) is 4.26. The van der Waals surface area contributed by atoms with Crippen LogP contribution >= 0.6 is 0 Å². The number of amides is 2. The van der Waals surface area contributed by atoms with E-state index in [9.17, 15) is 9.59 Å². The Morgan fingerprint density at radius 1 is 1.00 bits per heavy atom. The van der Waals surface area contributed by atoms with Gasteiger partial charge in [0.05, 0.1) is 13.2 Å². The molecule has 7 nitrogen and oxygen atoms in total. The van der Waals surface area contributed by atoms with E-state index in [2.05, 4.69) is 9.80 Å². The van der Waals surface area contributed by atoms with E-state index < -0.39 is 0 Å². The average Bonchev–Trinajstić information content (AvgIpc) is 3.53. The zero-order valence-electron chi connectivity index (χ0n) is 17.2. The van der Waals surface area contributed by atoms with Gasteiger partial charge in [-0.15, -0.1) is 0 Å². The molecule has 1 atom stereocenters. The molecule has 3 fully saturated rings. The molecule has 1 aromatic rings. The van der Waals surface area contributed by atoms with Crippen LogP contribution < -0.4 is 9.47 Å². The van der Waals surface area contributed by atoms with E-state index >= 15 is 0 Å². The Morgan fingerprint density at radius 2 is 1.76 bits per heavy atom. The van der Waals surface area contributed by atoms with Gasteiger partial charge in [0.25, 0.3) is 5.91 Å². The van der Waals surface area contributed by atoms with E-state index in [1.54, 1.807) is 19.2 Å². The number of hydrogen-bond donors (Lipinski definition) is 0. The molecule has 0 aromatic heterocycles. The van der Waals surface area contributed by atoms with Crippen LogP contribution in [0, 0.1) is 5.92 Å². The fraction of sp³-hybridized carbons (Fsp3) is 0.636. The van der Waals surface area contributed by atoms with Crippen molar-refractivity contribution in [3.8, 4) is 11.5 Å². The van der Waals surface area contributed by atoms with Crippen molar-refractivity contribution in [2.75, 3.05) is 53.0 Å². The van der Waals surface area contributed by atoms with E-state index in [1.165, 1.54) is 12.8 Å². The first kappa shape index (κ1) is 20.0. The summed E-state index contributed by atoms with van der Waals surface area (Å²) in [5.41, 5.74) is 0. The van der Waals surface area contributed by atoms with Crippen LogP contribution in [0.1, 0.15) is 25.7 Å². The molecule has 29 heavy (non-hydrogen) atoms. The predicted octanol–water partition coefficient (Wildman–Crippen LogP) is 1.62. The second kappa shape index (κ2) is 9.03. The van der Waals surface area contributed by atoms with Crippen LogP contribution in [0.4, 0.5) is 0 Å². The second-order valence-corrected chi connectivity index (χ2v) is 8.27. The summed E-state index contributed by atoms with van der Waals surface area (Å²) in [5.74, 6) is 2.44. The summed E-state index contributed by atoms with van der Waals surface area (Å²) >= 11 is 0. The van der Waals surface area contributed by atoms with Gasteiger partial charge in [0.15, 0.2) is 6.61 Å². The molecule has 1 aromatic carbocycles. The lowest BCUT2D eigenvalue weighted by Gasteiger charge is -2.26. The maximum absolute atomic E-state index is 12.8. The van der Waals surface area contributed by atoms with Crippen molar-refractivity contribution in [3.05, 3.63) is 24.3 Å². The number of ether oxygens (including phenoxy) is 2. The van der Waals surface area contributed by atoms with Crippen LogP contribution in [0.25, 0.3) is 0 Å². The van der Waals surface area contributed by atoms with Crippen LogP contribution in [0.15, 0.2) is 24.3 Å². The number of nitrogens with zero attached hydrogens (tertiary/aromatic N) is 3. The minimum absolute atomic E-state index is 0.000601. The van der Waals surface area contributed by atoms with Gasteiger partial charge in [0.1, 0.15) is 11.5 Å². The quantitative estimate of drug-likeness (QED) is 0.695. The van der Waals surface area contributed by atoms with Gasteiger partial charge in [-0.1, -0.05) is 0 Å². The summed E-state index contributed by atoms with van der Waals surface area (Å²) < 4.78 is 10.8. The number of methoxy groups -OCH3 is 1. The third kappa shape index (κ3) is 5.01. The van der Waals surface area contributed by atoms with E-state index in [4.69, 9.17) is 9.47 Å². The largest absolute Gasteiger partial charge is 0.497 e. The molecule has 0 N–H and O–H groups in total. The molecule has 158 valence electrons. The highest BCUT2D eigenvalue weighted by Gasteiger charge is 2.38. The minimum Gasteiger partial charge on any atom is -0.497 e. The average molecular weight is 402 g/mol. The molecule has 0 bridgehead atoms. The standard InChI is InChI=1S/C22H31N3O4/c1-28-18-5-7-19(8-6-18)29-16-21(26)24-11-2-10-23(13-14-24)20-9-12-25(22(20)27)15-17-3-4-17/h5-8,17,20H,2-4,9-16H2,1H3/t20-/m1/s1. The number of likely N-dealkylation sites (tertiary alicyclic amines) is 1. The Morgan fingerprint density at radius 3 is 2.48 bits per heavy atom. The number of benzene rings is 1. The highest BCUT2D eigenvalue weighted by atomic mass is 16.5. The van der Waals surface area contributed by atoms with Crippen molar-refractivity contribution >= 4 is 11.8 Å². The summed E-state index contributed by atoms with van der Waals surface area (Å²) in [4.78, 5) is 31.6. The summed E-state index contributed by atoms with van der Waals surface area (Å²) in [5, 5.41) is 0. The lowest BCUT2D eigenvalue weighted by molar-refractivity contribution is -0.133. The summed E-state index contributed by atoms with van der Waals surface area (Å²) in [6.45, 7) is 4.85. The Hall–Kier alpha value is -2.28. The molecule has 0 radical (unpaired) electrons. The number of carbonyl (C=O) groups excluding carboxylic acids is 2. The molecule has 1 saturated carbocycles. The monoisotopic (exact) mass is 401 g/mol. The first-order valence-corrected chi connectivity index (χ1v) is 10.7. The van der Waals surface area contributed by atoms with Crippen LogP contribution in [0.5, 0.6) is 11.5 Å². The SMILES string of the molecule is COc1ccc(OCC(=O)N2CCCN([C@@H]3CCN(CC4CC4)C3=O)CC2)cc1. The van der Waals surface area contributed by atoms with Crippen LogP contribution in [-0.4, -0.2) is 85.5 Å². The molecule has 3 aliphatic rings. The molecule has 1 aliphatic carbocycles. The van der Waals surface area contributed by atoms with Gasteiger partial charge >= 0.3 is 0 Å². The first-order chi connectivity index (χ1) is 14.1. The molecule has 2 saturated heterocycles. The zero-order valence-corrected chi connectivity index (χ0v) is 17.2. The molecule has 2 amide bonds. The lowest BCUT2D eigenvalue weighted by Crippen LogP contribution is -2.44. The van der Waals surface area contributed by atoms with Crippen molar-refractivity contribution < 1.29 is 19.1 Å². The number of carbonyl (C=O) groups is 2. The van der Waals surface area contributed by atoms with Crippen LogP contribution in [-0.2, 0) is 9.59 Å². The van der Waals surface area contributed by atoms with Gasteiger partial charge in [0.2, 0.25) is 5.91 Å². The van der Waals surface area contributed by atoms with E-state index in [0.29, 0.717) is 24.7 Å². The summed E-state index contributed by atoms with van der Waals surface area (Å²) in [6, 6.07) is 7.23. The van der Waals surface area contributed by atoms with Gasteiger partial charge in [-0.3, -0.25) is 14.5 Å². The minimum atomic E-state index is -0.00391. The molecule has 4 rings (SSSR count). The van der Waals surface area contributed by atoms with E-state index in [-0.39, 0.29) is 18.6 Å². The van der Waals surface area contributed by atoms with E-state index in [1.807, 2.05) is 17.0 Å². The molecule has 0 unspecified atom stereocenters. The Kier molecular flexibility index (Phi) is 6.23. The van der Waals surface area contributed by atoms with Crippen LogP contribution in [0.2, 0.25) is 0 Å². The van der Waals surface area contributed by atoms with Gasteiger partial charge in [0, 0.05) is 39.3 Å². The molecule has 0 spiro atoms. The molecule has 7 heteroatoms. The molecular weight excluding hydrogens is 370 g/mol. The van der Waals surface area contributed by atoms with Gasteiger partial charge in [-0.25, -0.2) is 0 Å². The number of rotatable bonds is 7. The van der Waals surface area contributed by atoms with Crippen molar-refractivity contribution in [3.63, 3.8) is 0 Å². The smallest absolute Gasteiger partial charge is 0.260 e. The first-order valence-electron chi connectivity index (χ1n) is 10.7. The zero-order chi connectivity index (χ0) is 20.2. The highest BCUT2D eigenvalue weighted by Crippen LogP contribution is 2.31. The number of hydrogen-bond acceptors (Lipinski definition) is 5. The van der Waals surface area contributed by atoms with Crippen molar-refractivity contribution in [2.24, 2.45) is 5.92 Å². The topological polar surface area (TPSA) is 62.3 Å². The van der Waals surface area contributed by atoms with Gasteiger partial charge in [-0.2, -0.15) is 0 Å². The van der Waals surface area contributed by atoms with Gasteiger partial charge < -0.3 is 19.3 Å². The predicted molar refractivity (Wildman–Crippen MR) is 109 cm³/mol.